The van der Waals surface area contributed by atoms with Crippen LogP contribution in [0.5, 0.6) is 0 Å². The second-order valence-electron chi connectivity index (χ2n) is 2.42. The Morgan fingerprint density at radius 2 is 2.00 bits per heavy atom. The van der Waals surface area contributed by atoms with Gasteiger partial charge in [-0.3, -0.25) is 0 Å². The van der Waals surface area contributed by atoms with Gasteiger partial charge in [0.15, 0.2) is 0 Å². The minimum Gasteiger partial charge on any atom is -0.172 e. The molecule has 0 aromatic heterocycles. The van der Waals surface area contributed by atoms with Crippen LogP contribution in [0.4, 0.5) is 0 Å². The summed E-state index contributed by atoms with van der Waals surface area (Å²) in [5.74, 6) is 0. The van der Waals surface area contributed by atoms with Crippen LogP contribution in [0.3, 0.4) is 0 Å². The van der Waals surface area contributed by atoms with Crippen LogP contribution in [0.15, 0.2) is 0 Å². The summed E-state index contributed by atoms with van der Waals surface area (Å²) in [6.07, 6.45) is 0. The van der Waals surface area contributed by atoms with E-state index >= 15 is 0 Å². The highest BCUT2D eigenvalue weighted by atomic mass is 35.6. The standard InChI is InChI=1S/C3H8Cl2Si2/c1-7(5)2-6(4)3-7/h6H,2-3H2,1H3. The molecule has 1 saturated heterocycles. The first-order chi connectivity index (χ1) is 3.10. The molecule has 1 fully saturated rings. The highest BCUT2D eigenvalue weighted by Gasteiger charge is 2.40. The minimum absolute atomic E-state index is 0.692. The van der Waals surface area contributed by atoms with E-state index in [-0.39, 0.29) is 0 Å². The fourth-order valence-electron chi connectivity index (χ4n) is 0.864. The third kappa shape index (κ3) is 1.45. The van der Waals surface area contributed by atoms with Gasteiger partial charge in [0.1, 0.15) is 15.5 Å². The first-order valence-electron chi connectivity index (χ1n) is 2.43. The predicted octanol–water partition coefficient (Wildman–Crippen LogP) is 1.86. The van der Waals surface area contributed by atoms with E-state index in [0.29, 0.717) is 0 Å². The van der Waals surface area contributed by atoms with Gasteiger partial charge in [-0.05, 0) is 11.3 Å². The third-order valence-electron chi connectivity index (χ3n) is 1.29. The Hall–Kier alpha value is 1.01. The molecule has 1 aliphatic rings. The Morgan fingerprint density at radius 1 is 1.57 bits per heavy atom. The van der Waals surface area contributed by atoms with Gasteiger partial charge in [0.05, 0.1) is 0 Å². The van der Waals surface area contributed by atoms with Gasteiger partial charge >= 0.3 is 0 Å². The topological polar surface area (TPSA) is 0 Å². The van der Waals surface area contributed by atoms with Crippen molar-refractivity contribution in [2.45, 2.75) is 17.9 Å². The number of rotatable bonds is 0. The second-order valence-corrected chi connectivity index (χ2v) is 14.3. The average Bonchev–Trinajstić information content (AvgIpc) is 1.27. The molecule has 0 saturated carbocycles. The van der Waals surface area contributed by atoms with Crippen LogP contribution in [-0.4, -0.2) is 15.5 Å². The molecule has 0 aromatic rings. The molecule has 0 aliphatic carbocycles. The summed E-state index contributed by atoms with van der Waals surface area (Å²) in [5.41, 5.74) is 2.49. The van der Waals surface area contributed by atoms with E-state index in [1.54, 1.807) is 0 Å². The zero-order chi connectivity index (χ0) is 5.49. The van der Waals surface area contributed by atoms with Gasteiger partial charge in [-0.15, -0.1) is 0 Å². The maximum Gasteiger partial charge on any atom is 0.150 e. The molecule has 4 heteroatoms. The molecule has 0 amide bonds. The normalized spacial score (nSPS) is 51.0. The lowest BCUT2D eigenvalue weighted by Crippen LogP contribution is -2.43. The highest BCUT2D eigenvalue weighted by molar-refractivity contribution is 7.38. The molecule has 0 atom stereocenters. The van der Waals surface area contributed by atoms with Crippen LogP contribution in [0.25, 0.3) is 0 Å². The van der Waals surface area contributed by atoms with E-state index in [9.17, 15) is 0 Å². The van der Waals surface area contributed by atoms with Crippen molar-refractivity contribution >= 4 is 37.6 Å². The summed E-state index contributed by atoms with van der Waals surface area (Å²) in [7, 11) is -1.80. The molecule has 0 bridgehead atoms. The van der Waals surface area contributed by atoms with E-state index in [4.69, 9.17) is 22.2 Å². The molecule has 0 nitrogen and oxygen atoms in total. The van der Waals surface area contributed by atoms with Crippen LogP contribution in [0, 0.1) is 0 Å². The summed E-state index contributed by atoms with van der Waals surface area (Å²) in [6, 6.07) is 0. The fraction of sp³-hybridized carbons (Fsp3) is 1.00. The molecule has 0 unspecified atom stereocenters. The van der Waals surface area contributed by atoms with Crippen molar-refractivity contribution in [1.29, 1.82) is 0 Å². The molecule has 7 heavy (non-hydrogen) atoms. The summed E-state index contributed by atoms with van der Waals surface area (Å²) in [4.78, 5) is 0. The number of halogens is 2. The van der Waals surface area contributed by atoms with E-state index in [1.165, 1.54) is 11.3 Å². The molecule has 0 spiro atoms. The zero-order valence-corrected chi connectivity index (χ0v) is 7.91. The van der Waals surface area contributed by atoms with Gasteiger partial charge < -0.3 is 0 Å². The van der Waals surface area contributed by atoms with E-state index in [1.807, 2.05) is 0 Å². The molecule has 1 heterocycles. The van der Waals surface area contributed by atoms with Gasteiger partial charge in [0.25, 0.3) is 0 Å². The van der Waals surface area contributed by atoms with Crippen molar-refractivity contribution in [2.75, 3.05) is 0 Å². The van der Waals surface area contributed by atoms with Gasteiger partial charge in [0, 0.05) is 0 Å². The van der Waals surface area contributed by atoms with Crippen LogP contribution >= 0.6 is 22.2 Å². The van der Waals surface area contributed by atoms with Crippen LogP contribution in [0.1, 0.15) is 0 Å². The lowest BCUT2D eigenvalue weighted by atomic mass is 11.7. The van der Waals surface area contributed by atoms with Crippen molar-refractivity contribution in [3.63, 3.8) is 0 Å². The van der Waals surface area contributed by atoms with E-state index in [0.717, 1.165) is 0 Å². The molecular formula is C3H8Cl2Si2. The maximum absolute atomic E-state index is 5.99. The second kappa shape index (κ2) is 1.76. The fourth-order valence-corrected chi connectivity index (χ4v) is 18.7. The van der Waals surface area contributed by atoms with Gasteiger partial charge in [-0.25, -0.2) is 0 Å². The quantitative estimate of drug-likeness (QED) is 0.385. The smallest absolute Gasteiger partial charge is 0.150 e. The monoisotopic (exact) mass is 170 g/mol. The molecule has 0 N–H and O–H groups in total. The Morgan fingerprint density at radius 3 is 2.00 bits per heavy atom. The average molecular weight is 171 g/mol. The Bertz CT molecular complexity index is 75.0. The first kappa shape index (κ1) is 6.14. The molecule has 1 aliphatic heterocycles. The van der Waals surface area contributed by atoms with Crippen molar-refractivity contribution in [3.8, 4) is 0 Å². The SMILES string of the molecule is C[Si]1(Cl)C[SiH](Cl)C1. The van der Waals surface area contributed by atoms with Crippen molar-refractivity contribution < 1.29 is 0 Å². The molecular weight excluding hydrogens is 163 g/mol. The summed E-state index contributed by atoms with van der Waals surface area (Å²) < 4.78 is 0. The van der Waals surface area contributed by atoms with Crippen molar-refractivity contribution in [1.82, 2.24) is 0 Å². The Labute approximate surface area is 55.8 Å². The number of hydrogen-bond acceptors (Lipinski definition) is 0. The lowest BCUT2D eigenvalue weighted by Gasteiger charge is -2.32. The Kier molecular flexibility index (Phi) is 1.54. The van der Waals surface area contributed by atoms with Crippen molar-refractivity contribution in [3.05, 3.63) is 0 Å². The van der Waals surface area contributed by atoms with Crippen LogP contribution < -0.4 is 0 Å². The molecule has 0 radical (unpaired) electrons. The minimum atomic E-state index is -1.11. The van der Waals surface area contributed by atoms with Gasteiger partial charge in [-0.2, -0.15) is 22.2 Å². The largest absolute Gasteiger partial charge is 0.172 e. The van der Waals surface area contributed by atoms with Crippen LogP contribution in [-0.2, 0) is 0 Å². The van der Waals surface area contributed by atoms with E-state index < -0.39 is 15.5 Å². The maximum atomic E-state index is 5.99. The van der Waals surface area contributed by atoms with Gasteiger partial charge in [-0.1, -0.05) is 6.55 Å². The van der Waals surface area contributed by atoms with Crippen LogP contribution in [0.2, 0.25) is 17.9 Å². The molecule has 0 aromatic carbocycles. The van der Waals surface area contributed by atoms with Gasteiger partial charge in [0.2, 0.25) is 0 Å². The predicted molar refractivity (Wildman–Crippen MR) is 40.1 cm³/mol. The van der Waals surface area contributed by atoms with E-state index in [2.05, 4.69) is 6.55 Å². The molecule has 1 rings (SSSR count). The summed E-state index contributed by atoms with van der Waals surface area (Å²) in [6.45, 7) is 2.19. The highest BCUT2D eigenvalue weighted by Crippen LogP contribution is 2.36. The number of hydrogen-bond donors (Lipinski definition) is 0. The molecule has 42 valence electrons. The first-order valence-corrected chi connectivity index (χ1v) is 9.74. The third-order valence-corrected chi connectivity index (χ3v) is 17.2. The lowest BCUT2D eigenvalue weighted by molar-refractivity contribution is 1.55. The van der Waals surface area contributed by atoms with Crippen molar-refractivity contribution in [2.24, 2.45) is 0 Å². The Balaban J connectivity index is 2.29. The summed E-state index contributed by atoms with van der Waals surface area (Å²) >= 11 is 11.8. The zero-order valence-electron chi connectivity index (χ0n) is 4.25. The summed E-state index contributed by atoms with van der Waals surface area (Å²) in [5, 5.41) is 0.